The summed E-state index contributed by atoms with van der Waals surface area (Å²) in [5, 5.41) is 0.211. The molecule has 3 rings (SSSR count). The standard InChI is InChI=1S/C11H13N3O2S2/c1-5-10(18-11(12)13-5)17-7-4-8(15)14(9(7)16)6-2-3-6/h6-7H,2-4H2,1H3,(H2,12,13). The minimum atomic E-state index is -0.295. The summed E-state index contributed by atoms with van der Waals surface area (Å²) in [6.07, 6.45) is 2.22. The Balaban J connectivity index is 1.76. The molecule has 0 aromatic carbocycles. The van der Waals surface area contributed by atoms with E-state index in [0.29, 0.717) is 11.6 Å². The molecule has 0 radical (unpaired) electrons. The van der Waals surface area contributed by atoms with Crippen LogP contribution in [0, 0.1) is 6.92 Å². The Hall–Kier alpha value is -1.08. The van der Waals surface area contributed by atoms with E-state index in [9.17, 15) is 9.59 Å². The molecule has 1 saturated heterocycles. The lowest BCUT2D eigenvalue weighted by Gasteiger charge is -2.12. The third-order valence-corrected chi connectivity index (χ3v) is 5.56. The van der Waals surface area contributed by atoms with Gasteiger partial charge in [0.05, 0.1) is 15.2 Å². The molecule has 2 aliphatic rings. The topological polar surface area (TPSA) is 76.3 Å². The van der Waals surface area contributed by atoms with Gasteiger partial charge < -0.3 is 5.73 Å². The van der Waals surface area contributed by atoms with Crippen LogP contribution in [0.15, 0.2) is 4.21 Å². The zero-order valence-corrected chi connectivity index (χ0v) is 11.5. The van der Waals surface area contributed by atoms with Crippen molar-refractivity contribution in [2.24, 2.45) is 0 Å². The van der Waals surface area contributed by atoms with Gasteiger partial charge >= 0.3 is 0 Å². The lowest BCUT2D eigenvalue weighted by molar-refractivity contribution is -0.138. The third-order valence-electron chi connectivity index (χ3n) is 3.07. The molecule has 2 fully saturated rings. The van der Waals surface area contributed by atoms with Gasteiger partial charge in [0.25, 0.3) is 0 Å². The Kier molecular flexibility index (Phi) is 2.82. The molecule has 96 valence electrons. The second-order valence-electron chi connectivity index (χ2n) is 4.57. The summed E-state index contributed by atoms with van der Waals surface area (Å²) < 4.78 is 0.941. The second kappa shape index (κ2) is 4.24. The number of carbonyl (C=O) groups is 2. The molecule has 1 aromatic heterocycles. The summed E-state index contributed by atoms with van der Waals surface area (Å²) in [5.74, 6) is -0.0750. The van der Waals surface area contributed by atoms with Crippen LogP contribution in [-0.2, 0) is 9.59 Å². The van der Waals surface area contributed by atoms with E-state index in [0.717, 1.165) is 22.7 Å². The molecule has 0 bridgehead atoms. The van der Waals surface area contributed by atoms with E-state index < -0.39 is 0 Å². The van der Waals surface area contributed by atoms with E-state index in [4.69, 9.17) is 5.73 Å². The number of thiazole rings is 1. The van der Waals surface area contributed by atoms with Crippen LogP contribution in [0.2, 0.25) is 0 Å². The molecule has 5 nitrogen and oxygen atoms in total. The molecule has 2 amide bonds. The maximum atomic E-state index is 12.2. The highest BCUT2D eigenvalue weighted by atomic mass is 32.2. The van der Waals surface area contributed by atoms with Crippen LogP contribution in [0.1, 0.15) is 25.0 Å². The van der Waals surface area contributed by atoms with Crippen molar-refractivity contribution in [2.75, 3.05) is 5.73 Å². The number of aromatic nitrogens is 1. The summed E-state index contributed by atoms with van der Waals surface area (Å²) in [5.41, 5.74) is 6.47. The van der Waals surface area contributed by atoms with Crippen molar-refractivity contribution in [1.29, 1.82) is 0 Å². The molecule has 0 spiro atoms. The summed E-state index contributed by atoms with van der Waals surface area (Å²) >= 11 is 2.80. The zero-order chi connectivity index (χ0) is 12.9. The van der Waals surface area contributed by atoms with Gasteiger partial charge in [-0.1, -0.05) is 23.1 Å². The number of carbonyl (C=O) groups excluding carboxylic acids is 2. The third kappa shape index (κ3) is 2.01. The van der Waals surface area contributed by atoms with Gasteiger partial charge in [0.2, 0.25) is 11.8 Å². The van der Waals surface area contributed by atoms with Crippen LogP contribution < -0.4 is 5.73 Å². The van der Waals surface area contributed by atoms with Crippen molar-refractivity contribution in [3.63, 3.8) is 0 Å². The first-order valence-electron chi connectivity index (χ1n) is 5.81. The van der Waals surface area contributed by atoms with Crippen LogP contribution >= 0.6 is 23.1 Å². The smallest absolute Gasteiger partial charge is 0.243 e. The van der Waals surface area contributed by atoms with Crippen LogP contribution in [0.4, 0.5) is 5.13 Å². The zero-order valence-electron chi connectivity index (χ0n) is 9.88. The van der Waals surface area contributed by atoms with Gasteiger partial charge in [-0.25, -0.2) is 4.98 Å². The van der Waals surface area contributed by atoms with E-state index in [1.54, 1.807) is 0 Å². The highest BCUT2D eigenvalue weighted by Gasteiger charge is 2.46. The molecule has 1 saturated carbocycles. The maximum Gasteiger partial charge on any atom is 0.243 e. The molecule has 1 aliphatic carbocycles. The van der Waals surface area contributed by atoms with Crippen molar-refractivity contribution in [2.45, 2.75) is 41.7 Å². The number of nitrogen functional groups attached to an aromatic ring is 1. The lowest BCUT2D eigenvalue weighted by Crippen LogP contribution is -2.33. The summed E-state index contributed by atoms with van der Waals surface area (Å²) in [6.45, 7) is 1.87. The number of aryl methyl sites for hydroxylation is 1. The monoisotopic (exact) mass is 283 g/mol. The van der Waals surface area contributed by atoms with Crippen molar-refractivity contribution in [1.82, 2.24) is 9.88 Å². The fraction of sp³-hybridized carbons (Fsp3) is 0.545. The Labute approximate surface area is 113 Å². The first-order valence-corrected chi connectivity index (χ1v) is 7.51. The predicted molar refractivity (Wildman–Crippen MR) is 70.4 cm³/mol. The molecule has 2 heterocycles. The van der Waals surface area contributed by atoms with Crippen LogP contribution in [0.5, 0.6) is 0 Å². The van der Waals surface area contributed by atoms with Crippen molar-refractivity contribution < 1.29 is 9.59 Å². The average Bonchev–Trinajstić information content (AvgIpc) is 3.00. The Morgan fingerprint density at radius 2 is 2.17 bits per heavy atom. The van der Waals surface area contributed by atoms with Gasteiger partial charge in [0, 0.05) is 12.5 Å². The summed E-state index contributed by atoms with van der Waals surface area (Å²) in [7, 11) is 0. The van der Waals surface area contributed by atoms with Crippen LogP contribution in [0.25, 0.3) is 0 Å². The molecule has 1 unspecified atom stereocenters. The number of thioether (sulfide) groups is 1. The molecular formula is C11H13N3O2S2. The van der Waals surface area contributed by atoms with E-state index in [2.05, 4.69) is 4.98 Å². The van der Waals surface area contributed by atoms with Crippen LogP contribution in [-0.4, -0.2) is 33.0 Å². The normalized spacial score (nSPS) is 24.1. The van der Waals surface area contributed by atoms with Crippen molar-refractivity contribution in [3.05, 3.63) is 5.69 Å². The molecule has 2 N–H and O–H groups in total. The number of amides is 2. The predicted octanol–water partition coefficient (Wildman–Crippen LogP) is 1.42. The van der Waals surface area contributed by atoms with Gasteiger partial charge in [-0.15, -0.1) is 0 Å². The number of anilines is 1. The molecular weight excluding hydrogens is 270 g/mol. The van der Waals surface area contributed by atoms with Gasteiger partial charge in [-0.2, -0.15) is 0 Å². The highest BCUT2D eigenvalue weighted by Crippen LogP contribution is 2.40. The number of hydrogen-bond donors (Lipinski definition) is 1. The molecule has 18 heavy (non-hydrogen) atoms. The Bertz CT molecular complexity index is 524. The second-order valence-corrected chi connectivity index (χ2v) is 7.07. The van der Waals surface area contributed by atoms with E-state index in [-0.39, 0.29) is 23.1 Å². The summed E-state index contributed by atoms with van der Waals surface area (Å²) in [4.78, 5) is 29.6. The minimum Gasteiger partial charge on any atom is -0.375 e. The average molecular weight is 283 g/mol. The fourth-order valence-corrected chi connectivity index (χ4v) is 4.35. The van der Waals surface area contributed by atoms with Crippen molar-refractivity contribution >= 4 is 40.0 Å². The number of nitrogens with two attached hydrogens (primary N) is 1. The van der Waals surface area contributed by atoms with Gasteiger partial charge in [-0.3, -0.25) is 14.5 Å². The van der Waals surface area contributed by atoms with Gasteiger partial charge in [0.15, 0.2) is 5.13 Å². The summed E-state index contributed by atoms with van der Waals surface area (Å²) in [6, 6.07) is 0.170. The van der Waals surface area contributed by atoms with E-state index >= 15 is 0 Å². The SMILES string of the molecule is Cc1nc(N)sc1SC1CC(=O)N(C2CC2)C1=O. The molecule has 1 aliphatic heterocycles. The van der Waals surface area contributed by atoms with Crippen LogP contribution in [0.3, 0.4) is 0 Å². The highest BCUT2D eigenvalue weighted by molar-refractivity contribution is 8.02. The fourth-order valence-electron chi connectivity index (χ4n) is 2.07. The molecule has 1 atom stereocenters. The van der Waals surface area contributed by atoms with Gasteiger partial charge in [0.1, 0.15) is 0 Å². The number of nitrogens with zero attached hydrogens (tertiary/aromatic N) is 2. The van der Waals surface area contributed by atoms with E-state index in [1.807, 2.05) is 6.92 Å². The number of hydrogen-bond acceptors (Lipinski definition) is 6. The Morgan fingerprint density at radius 1 is 1.44 bits per heavy atom. The Morgan fingerprint density at radius 3 is 2.72 bits per heavy atom. The van der Waals surface area contributed by atoms with E-state index in [1.165, 1.54) is 28.0 Å². The quantitative estimate of drug-likeness (QED) is 0.849. The molecule has 7 heteroatoms. The number of likely N-dealkylation sites (tertiary alicyclic amines) is 1. The number of imide groups is 1. The first-order chi connectivity index (χ1) is 8.56. The lowest BCUT2D eigenvalue weighted by atomic mass is 10.4. The van der Waals surface area contributed by atoms with Crippen molar-refractivity contribution in [3.8, 4) is 0 Å². The maximum absolute atomic E-state index is 12.2. The molecule has 1 aromatic rings. The largest absolute Gasteiger partial charge is 0.375 e. The van der Waals surface area contributed by atoms with Gasteiger partial charge in [-0.05, 0) is 19.8 Å². The minimum absolute atomic E-state index is 0.0323. The number of rotatable bonds is 3. The first kappa shape index (κ1) is 12.0.